The lowest BCUT2D eigenvalue weighted by Gasteiger charge is -2.37. The predicted molar refractivity (Wildman–Crippen MR) is 123 cm³/mol. The van der Waals surface area contributed by atoms with Gasteiger partial charge in [0.15, 0.2) is 0 Å². The van der Waals surface area contributed by atoms with Gasteiger partial charge in [-0.3, -0.25) is 14.5 Å². The van der Waals surface area contributed by atoms with Gasteiger partial charge in [0.05, 0.1) is 0 Å². The van der Waals surface area contributed by atoms with Crippen LogP contribution in [0.1, 0.15) is 34.8 Å². The van der Waals surface area contributed by atoms with E-state index in [1.165, 1.54) is 0 Å². The van der Waals surface area contributed by atoms with Gasteiger partial charge in [0.25, 0.3) is 5.91 Å². The average molecular weight is 414 g/mol. The summed E-state index contributed by atoms with van der Waals surface area (Å²) >= 11 is 0. The number of piperidine rings is 1. The fourth-order valence-corrected chi connectivity index (χ4v) is 4.06. The van der Waals surface area contributed by atoms with Crippen LogP contribution in [-0.4, -0.2) is 35.8 Å². The Morgan fingerprint density at radius 2 is 1.32 bits per heavy atom. The highest BCUT2D eigenvalue weighted by molar-refractivity contribution is 5.95. The average Bonchev–Trinajstić information content (AvgIpc) is 2.82. The van der Waals surface area contributed by atoms with Crippen LogP contribution in [0.25, 0.3) is 0 Å². The van der Waals surface area contributed by atoms with E-state index in [9.17, 15) is 9.59 Å². The quantitative estimate of drug-likeness (QED) is 0.635. The van der Waals surface area contributed by atoms with E-state index < -0.39 is 0 Å². The van der Waals surface area contributed by atoms with Crippen LogP contribution in [0.2, 0.25) is 0 Å². The summed E-state index contributed by atoms with van der Waals surface area (Å²) in [6.07, 6.45) is 1.61. The Labute approximate surface area is 183 Å². The first-order valence-corrected chi connectivity index (χ1v) is 10.7. The number of likely N-dealkylation sites (tertiary alicyclic amines) is 1. The summed E-state index contributed by atoms with van der Waals surface area (Å²) in [7, 11) is 0. The highest BCUT2D eigenvalue weighted by Crippen LogP contribution is 2.26. The molecule has 1 aliphatic rings. The first-order valence-electron chi connectivity index (χ1n) is 10.7. The molecular weight excluding hydrogens is 386 g/mol. The van der Waals surface area contributed by atoms with Crippen LogP contribution in [0.5, 0.6) is 0 Å². The van der Waals surface area contributed by atoms with Gasteiger partial charge in [-0.15, -0.1) is 0 Å². The Balaban J connectivity index is 1.42. The largest absolute Gasteiger partial charge is 0.349 e. The van der Waals surface area contributed by atoms with Crippen LogP contribution < -0.4 is 10.6 Å². The summed E-state index contributed by atoms with van der Waals surface area (Å²) in [4.78, 5) is 27.9. The van der Waals surface area contributed by atoms with Crippen molar-refractivity contribution in [1.82, 2.24) is 10.2 Å². The zero-order chi connectivity index (χ0) is 21.5. The van der Waals surface area contributed by atoms with Crippen molar-refractivity contribution in [2.45, 2.75) is 24.9 Å². The van der Waals surface area contributed by atoms with Crippen molar-refractivity contribution in [3.63, 3.8) is 0 Å². The fraction of sp³-hybridized carbons (Fsp3) is 0.231. The Hall–Kier alpha value is -3.44. The zero-order valence-electron chi connectivity index (χ0n) is 17.4. The molecule has 5 heteroatoms. The number of nitrogens with one attached hydrogen (secondary N) is 2. The van der Waals surface area contributed by atoms with Crippen molar-refractivity contribution in [3.8, 4) is 0 Å². The molecule has 1 atom stereocenters. The van der Waals surface area contributed by atoms with E-state index in [-0.39, 0.29) is 23.9 Å². The number of anilines is 1. The zero-order valence-corrected chi connectivity index (χ0v) is 17.4. The second-order valence-electron chi connectivity index (χ2n) is 7.82. The lowest BCUT2D eigenvalue weighted by Crippen LogP contribution is -2.48. The summed E-state index contributed by atoms with van der Waals surface area (Å²) in [5.41, 5.74) is 2.44. The number of hydrogen-bond donors (Lipinski definition) is 2. The fourth-order valence-electron chi connectivity index (χ4n) is 4.06. The highest BCUT2D eigenvalue weighted by Gasteiger charge is 2.31. The second-order valence-corrected chi connectivity index (χ2v) is 7.82. The number of carbonyl (C=O) groups is 2. The smallest absolute Gasteiger partial charge is 0.251 e. The third-order valence-electron chi connectivity index (χ3n) is 5.67. The maximum absolute atomic E-state index is 13.2. The van der Waals surface area contributed by atoms with Gasteiger partial charge in [0, 0.05) is 30.4 Å². The number of rotatable bonds is 6. The van der Waals surface area contributed by atoms with Gasteiger partial charge in [0.1, 0.15) is 6.04 Å². The van der Waals surface area contributed by atoms with Crippen LogP contribution in [0.3, 0.4) is 0 Å². The lowest BCUT2D eigenvalue weighted by molar-refractivity contribution is -0.122. The van der Waals surface area contributed by atoms with E-state index in [1.807, 2.05) is 91.0 Å². The molecule has 0 unspecified atom stereocenters. The Kier molecular flexibility index (Phi) is 6.75. The molecule has 5 nitrogen and oxygen atoms in total. The molecule has 3 aromatic rings. The van der Waals surface area contributed by atoms with Crippen molar-refractivity contribution in [1.29, 1.82) is 0 Å². The number of para-hydroxylation sites is 1. The van der Waals surface area contributed by atoms with Gasteiger partial charge in [0.2, 0.25) is 5.91 Å². The molecule has 0 aromatic heterocycles. The molecule has 2 amide bonds. The van der Waals surface area contributed by atoms with Gasteiger partial charge in [-0.05, 0) is 42.7 Å². The van der Waals surface area contributed by atoms with Crippen molar-refractivity contribution >= 4 is 17.5 Å². The normalized spacial score (nSPS) is 15.7. The van der Waals surface area contributed by atoms with E-state index >= 15 is 0 Å². The first-order chi connectivity index (χ1) is 15.2. The van der Waals surface area contributed by atoms with Crippen LogP contribution >= 0.6 is 0 Å². The molecule has 4 rings (SSSR count). The summed E-state index contributed by atoms with van der Waals surface area (Å²) in [5.74, 6) is -0.0790. The van der Waals surface area contributed by atoms with Gasteiger partial charge in [-0.2, -0.15) is 0 Å². The van der Waals surface area contributed by atoms with Crippen molar-refractivity contribution in [2.24, 2.45) is 0 Å². The van der Waals surface area contributed by atoms with Gasteiger partial charge < -0.3 is 10.6 Å². The molecule has 2 N–H and O–H groups in total. The number of benzene rings is 3. The third-order valence-corrected chi connectivity index (χ3v) is 5.67. The monoisotopic (exact) mass is 413 g/mol. The van der Waals surface area contributed by atoms with Crippen LogP contribution in [-0.2, 0) is 4.79 Å². The summed E-state index contributed by atoms with van der Waals surface area (Å²) in [6.45, 7) is 1.48. The number of carbonyl (C=O) groups excluding carboxylic acids is 2. The molecule has 0 aliphatic carbocycles. The second kappa shape index (κ2) is 10.0. The minimum absolute atomic E-state index is 0.0378. The van der Waals surface area contributed by atoms with Crippen molar-refractivity contribution < 1.29 is 9.59 Å². The number of amides is 2. The molecule has 3 aromatic carbocycles. The summed E-state index contributed by atoms with van der Waals surface area (Å²) in [6, 6.07) is 28.4. The van der Waals surface area contributed by atoms with Gasteiger partial charge in [-0.25, -0.2) is 0 Å². The predicted octanol–water partition coefficient (Wildman–Crippen LogP) is 4.26. The molecule has 0 spiro atoms. The van der Waals surface area contributed by atoms with Gasteiger partial charge >= 0.3 is 0 Å². The van der Waals surface area contributed by atoms with Crippen molar-refractivity contribution in [2.75, 3.05) is 18.4 Å². The molecule has 31 heavy (non-hydrogen) atoms. The maximum Gasteiger partial charge on any atom is 0.251 e. The molecule has 158 valence electrons. The molecule has 0 bridgehead atoms. The maximum atomic E-state index is 13.2. The van der Waals surface area contributed by atoms with E-state index in [2.05, 4.69) is 15.5 Å². The lowest BCUT2D eigenvalue weighted by atomic mass is 9.98. The van der Waals surface area contributed by atoms with Crippen LogP contribution in [0, 0.1) is 0 Å². The molecule has 0 saturated carbocycles. The number of hydrogen-bond acceptors (Lipinski definition) is 3. The minimum Gasteiger partial charge on any atom is -0.349 e. The highest BCUT2D eigenvalue weighted by atomic mass is 16.2. The third kappa shape index (κ3) is 5.38. The standard InChI is InChI=1S/C26H27N3O2/c30-25(21-12-6-2-7-13-21)27-23-16-18-29(19-17-23)24(20-10-4-1-5-11-20)26(31)28-22-14-8-3-9-15-22/h1-15,23-24H,16-19H2,(H,27,30)(H,28,31)/t24-/m1/s1. The van der Waals surface area contributed by atoms with E-state index in [4.69, 9.17) is 0 Å². The first kappa shape index (κ1) is 20.8. The van der Waals surface area contributed by atoms with Crippen LogP contribution in [0.15, 0.2) is 91.0 Å². The van der Waals surface area contributed by atoms with E-state index in [1.54, 1.807) is 0 Å². The summed E-state index contributed by atoms with van der Waals surface area (Å²) < 4.78 is 0. The Bertz CT molecular complexity index is 985. The molecule has 1 fully saturated rings. The molecular formula is C26H27N3O2. The molecule has 1 saturated heterocycles. The van der Waals surface area contributed by atoms with E-state index in [0.29, 0.717) is 5.56 Å². The SMILES string of the molecule is O=C(NC1CCN([C@@H](C(=O)Nc2ccccc2)c2ccccc2)CC1)c1ccccc1. The Morgan fingerprint density at radius 3 is 1.94 bits per heavy atom. The van der Waals surface area contributed by atoms with Gasteiger partial charge in [-0.1, -0.05) is 66.7 Å². The molecule has 1 heterocycles. The molecule has 1 aliphatic heterocycles. The van der Waals surface area contributed by atoms with Crippen molar-refractivity contribution in [3.05, 3.63) is 102 Å². The minimum atomic E-state index is -0.368. The summed E-state index contributed by atoms with van der Waals surface area (Å²) in [5, 5.41) is 6.19. The topological polar surface area (TPSA) is 61.4 Å². The van der Waals surface area contributed by atoms with Crippen LogP contribution in [0.4, 0.5) is 5.69 Å². The number of nitrogens with zero attached hydrogens (tertiary/aromatic N) is 1. The van der Waals surface area contributed by atoms with E-state index in [0.717, 1.165) is 37.2 Å². The Morgan fingerprint density at radius 1 is 0.774 bits per heavy atom. The molecule has 0 radical (unpaired) electrons.